The molecule has 5 nitrogen and oxygen atoms in total. The first kappa shape index (κ1) is 11.8. The van der Waals surface area contributed by atoms with Gasteiger partial charge in [0.1, 0.15) is 5.00 Å². The third-order valence-electron chi connectivity index (χ3n) is 1.90. The Morgan fingerprint density at radius 3 is 2.94 bits per heavy atom. The number of rotatable bonds is 3. The molecule has 0 saturated heterocycles. The van der Waals surface area contributed by atoms with E-state index in [1.54, 1.807) is 19.2 Å². The monoisotopic (exact) mass is 269 g/mol. The van der Waals surface area contributed by atoms with Crippen molar-refractivity contribution < 1.29 is 9.90 Å². The highest BCUT2D eigenvalue weighted by molar-refractivity contribution is 7.16. The van der Waals surface area contributed by atoms with E-state index in [4.69, 9.17) is 16.7 Å². The number of hydrogen-bond acceptors (Lipinski definition) is 5. The number of carboxylic acid groups (broad SMARTS) is 1. The molecule has 0 fully saturated rings. The Kier molecular flexibility index (Phi) is 3.26. The van der Waals surface area contributed by atoms with Crippen molar-refractivity contribution in [3.8, 4) is 0 Å². The van der Waals surface area contributed by atoms with E-state index in [-0.39, 0.29) is 5.69 Å². The highest BCUT2D eigenvalue weighted by atomic mass is 35.5. The minimum Gasteiger partial charge on any atom is -0.476 e. The molecule has 0 spiro atoms. The first-order valence-electron chi connectivity index (χ1n) is 4.64. The Balaban J connectivity index is 2.32. The molecule has 2 N–H and O–H groups in total. The number of nitrogens with one attached hydrogen (secondary N) is 1. The van der Waals surface area contributed by atoms with Gasteiger partial charge in [-0.3, -0.25) is 4.98 Å². The largest absolute Gasteiger partial charge is 0.476 e. The van der Waals surface area contributed by atoms with Gasteiger partial charge in [0.05, 0.1) is 21.9 Å². The van der Waals surface area contributed by atoms with Crippen molar-refractivity contribution in [1.82, 2.24) is 9.97 Å². The second kappa shape index (κ2) is 4.68. The fraction of sp³-hybridized carbons (Fsp3) is 0.100. The van der Waals surface area contributed by atoms with Crippen LogP contribution in [0.1, 0.15) is 15.5 Å². The Labute approximate surface area is 106 Å². The van der Waals surface area contributed by atoms with Crippen LogP contribution in [0.4, 0.5) is 10.7 Å². The van der Waals surface area contributed by atoms with Crippen molar-refractivity contribution in [3.63, 3.8) is 0 Å². The van der Waals surface area contributed by atoms with Crippen molar-refractivity contribution in [3.05, 3.63) is 34.2 Å². The molecular formula is C10H8ClN3O2S. The molecule has 0 radical (unpaired) electrons. The number of aromatic carboxylic acids is 1. The van der Waals surface area contributed by atoms with Crippen LogP contribution < -0.4 is 5.32 Å². The fourth-order valence-corrected chi connectivity index (χ4v) is 2.27. The van der Waals surface area contributed by atoms with Crippen molar-refractivity contribution >= 4 is 39.6 Å². The first-order chi connectivity index (χ1) is 8.06. The summed E-state index contributed by atoms with van der Waals surface area (Å²) in [5.41, 5.74) is 0.635. The predicted molar refractivity (Wildman–Crippen MR) is 66.3 cm³/mol. The van der Waals surface area contributed by atoms with E-state index in [1.165, 1.54) is 17.5 Å². The molecule has 0 atom stereocenters. The van der Waals surface area contributed by atoms with E-state index < -0.39 is 5.97 Å². The van der Waals surface area contributed by atoms with Crippen LogP contribution in [0.3, 0.4) is 0 Å². The van der Waals surface area contributed by atoms with Gasteiger partial charge < -0.3 is 10.4 Å². The molecule has 7 heteroatoms. The van der Waals surface area contributed by atoms with E-state index in [0.29, 0.717) is 20.7 Å². The summed E-state index contributed by atoms with van der Waals surface area (Å²) in [5, 5.41) is 13.5. The SMILES string of the molecule is Cc1nc(C(=O)O)c(Nc2cncc(Cl)c2)s1. The predicted octanol–water partition coefficient (Wildman–Crippen LogP) is 2.94. The van der Waals surface area contributed by atoms with Crippen molar-refractivity contribution in [1.29, 1.82) is 0 Å². The van der Waals surface area contributed by atoms with Crippen LogP contribution >= 0.6 is 22.9 Å². The summed E-state index contributed by atoms with van der Waals surface area (Å²) < 4.78 is 0. The third-order valence-corrected chi connectivity index (χ3v) is 2.99. The fourth-order valence-electron chi connectivity index (χ4n) is 1.27. The van der Waals surface area contributed by atoms with Gasteiger partial charge in [-0.25, -0.2) is 9.78 Å². The topological polar surface area (TPSA) is 75.1 Å². The molecule has 2 aromatic heterocycles. The van der Waals surface area contributed by atoms with Gasteiger partial charge in [0.2, 0.25) is 0 Å². The Morgan fingerprint density at radius 2 is 2.29 bits per heavy atom. The third kappa shape index (κ3) is 2.72. The molecule has 2 aromatic rings. The molecule has 0 aliphatic heterocycles. The van der Waals surface area contributed by atoms with E-state index in [9.17, 15) is 4.79 Å². The quantitative estimate of drug-likeness (QED) is 0.896. The zero-order valence-corrected chi connectivity index (χ0v) is 10.3. The molecule has 2 heterocycles. The lowest BCUT2D eigenvalue weighted by atomic mass is 10.4. The second-order valence-electron chi connectivity index (χ2n) is 3.23. The number of aryl methyl sites for hydroxylation is 1. The summed E-state index contributed by atoms with van der Waals surface area (Å²) in [6.07, 6.45) is 3.06. The van der Waals surface area contributed by atoms with E-state index in [2.05, 4.69) is 15.3 Å². The zero-order chi connectivity index (χ0) is 12.4. The van der Waals surface area contributed by atoms with Gasteiger partial charge in [-0.05, 0) is 13.0 Å². The molecule has 88 valence electrons. The van der Waals surface area contributed by atoms with Crippen LogP contribution in [0.5, 0.6) is 0 Å². The van der Waals surface area contributed by atoms with Crippen LogP contribution in [0, 0.1) is 6.92 Å². The number of thiazole rings is 1. The molecule has 0 aliphatic rings. The summed E-state index contributed by atoms with van der Waals surface area (Å²) >= 11 is 7.06. The molecule has 17 heavy (non-hydrogen) atoms. The lowest BCUT2D eigenvalue weighted by Gasteiger charge is -2.03. The molecule has 0 amide bonds. The number of carbonyl (C=O) groups is 1. The highest BCUT2D eigenvalue weighted by Crippen LogP contribution is 2.28. The molecule has 0 unspecified atom stereocenters. The lowest BCUT2D eigenvalue weighted by molar-refractivity contribution is 0.0692. The summed E-state index contributed by atoms with van der Waals surface area (Å²) in [6, 6.07) is 1.66. The van der Waals surface area contributed by atoms with Gasteiger partial charge in [0, 0.05) is 6.20 Å². The van der Waals surface area contributed by atoms with E-state index in [0.717, 1.165) is 0 Å². The van der Waals surface area contributed by atoms with Crippen molar-refractivity contribution in [2.45, 2.75) is 6.92 Å². The summed E-state index contributed by atoms with van der Waals surface area (Å²) in [6.45, 7) is 1.75. The van der Waals surface area contributed by atoms with E-state index in [1.807, 2.05) is 0 Å². The number of aromatic nitrogens is 2. The Hall–Kier alpha value is -1.66. The highest BCUT2D eigenvalue weighted by Gasteiger charge is 2.15. The van der Waals surface area contributed by atoms with Gasteiger partial charge in [-0.1, -0.05) is 11.6 Å². The minimum atomic E-state index is -1.06. The van der Waals surface area contributed by atoms with E-state index >= 15 is 0 Å². The van der Waals surface area contributed by atoms with Crippen LogP contribution in [0.25, 0.3) is 0 Å². The number of hydrogen-bond donors (Lipinski definition) is 2. The molecule has 2 rings (SSSR count). The summed E-state index contributed by atoms with van der Waals surface area (Å²) in [5.74, 6) is -1.06. The molecule has 0 saturated carbocycles. The number of anilines is 2. The van der Waals surface area contributed by atoms with Gasteiger partial charge in [0.15, 0.2) is 5.69 Å². The Bertz CT molecular complexity index is 570. The maximum absolute atomic E-state index is 11.0. The number of pyridine rings is 1. The van der Waals surface area contributed by atoms with Crippen LogP contribution in [0.2, 0.25) is 5.02 Å². The molecule has 0 aromatic carbocycles. The maximum atomic E-state index is 11.0. The normalized spacial score (nSPS) is 10.2. The average molecular weight is 270 g/mol. The first-order valence-corrected chi connectivity index (χ1v) is 5.84. The smallest absolute Gasteiger partial charge is 0.357 e. The van der Waals surface area contributed by atoms with Gasteiger partial charge in [-0.2, -0.15) is 0 Å². The molecule has 0 aliphatic carbocycles. The van der Waals surface area contributed by atoms with Crippen LogP contribution in [-0.2, 0) is 0 Å². The van der Waals surface area contributed by atoms with Crippen LogP contribution in [-0.4, -0.2) is 21.0 Å². The zero-order valence-electron chi connectivity index (χ0n) is 8.77. The van der Waals surface area contributed by atoms with Crippen molar-refractivity contribution in [2.24, 2.45) is 0 Å². The standard InChI is InChI=1S/C10H8ClN3O2S/c1-5-13-8(10(15)16)9(17-5)14-7-2-6(11)3-12-4-7/h2-4,14H,1H3,(H,15,16). The van der Waals surface area contributed by atoms with Crippen molar-refractivity contribution in [2.75, 3.05) is 5.32 Å². The molecule has 0 bridgehead atoms. The maximum Gasteiger partial charge on any atom is 0.357 e. The lowest BCUT2D eigenvalue weighted by Crippen LogP contribution is -2.01. The van der Waals surface area contributed by atoms with Gasteiger partial charge >= 0.3 is 5.97 Å². The van der Waals surface area contributed by atoms with Gasteiger partial charge in [0.25, 0.3) is 0 Å². The number of halogens is 1. The second-order valence-corrected chi connectivity index (χ2v) is 4.87. The van der Waals surface area contributed by atoms with Gasteiger partial charge in [-0.15, -0.1) is 11.3 Å². The average Bonchev–Trinajstić information content (AvgIpc) is 2.59. The summed E-state index contributed by atoms with van der Waals surface area (Å²) in [4.78, 5) is 18.8. The minimum absolute atomic E-state index is 0.00692. The number of nitrogens with zero attached hydrogens (tertiary/aromatic N) is 2. The van der Waals surface area contributed by atoms with Crippen LogP contribution in [0.15, 0.2) is 18.5 Å². The summed E-state index contributed by atoms with van der Waals surface area (Å²) in [7, 11) is 0. The Morgan fingerprint density at radius 1 is 1.53 bits per heavy atom. The molecular weight excluding hydrogens is 262 g/mol. The number of carboxylic acids is 1.